The zero-order chi connectivity index (χ0) is 24.8. The highest BCUT2D eigenvalue weighted by Crippen LogP contribution is 2.45. The molecule has 178 valence electrons. The van der Waals surface area contributed by atoms with Gasteiger partial charge >= 0.3 is 0 Å². The summed E-state index contributed by atoms with van der Waals surface area (Å²) in [6, 6.07) is 11.2. The third-order valence-corrected chi connectivity index (χ3v) is 12.1. The van der Waals surface area contributed by atoms with E-state index in [4.69, 9.17) is 20.0 Å². The molecule has 1 atom stereocenters. The van der Waals surface area contributed by atoms with E-state index in [0.29, 0.717) is 39.4 Å². The van der Waals surface area contributed by atoms with E-state index in [1.165, 1.54) is 7.11 Å². The molecule has 0 unspecified atom stereocenters. The molecule has 0 aliphatic heterocycles. The first-order chi connectivity index (χ1) is 15.6. The van der Waals surface area contributed by atoms with Crippen LogP contribution in [0.15, 0.2) is 42.4 Å². The van der Waals surface area contributed by atoms with Gasteiger partial charge in [-0.3, -0.25) is 0 Å². The van der Waals surface area contributed by atoms with Gasteiger partial charge in [-0.1, -0.05) is 59.7 Å². The van der Waals surface area contributed by atoms with Crippen LogP contribution in [0.5, 0.6) is 17.2 Å². The van der Waals surface area contributed by atoms with Crippen molar-refractivity contribution >= 4 is 8.32 Å². The molecule has 0 saturated carbocycles. The maximum absolute atomic E-state index is 11.0. The van der Waals surface area contributed by atoms with Crippen LogP contribution in [-0.4, -0.2) is 34.4 Å². The molecule has 0 aliphatic carbocycles. The summed E-state index contributed by atoms with van der Waals surface area (Å²) >= 11 is 0. The normalized spacial score (nSPS) is 13.4. The van der Waals surface area contributed by atoms with E-state index in [-0.39, 0.29) is 19.3 Å². The van der Waals surface area contributed by atoms with Crippen molar-refractivity contribution < 1.29 is 25.1 Å². The second-order valence-corrected chi connectivity index (χ2v) is 14.5. The predicted molar refractivity (Wildman–Crippen MR) is 132 cm³/mol. The zero-order valence-electron chi connectivity index (χ0n) is 21.8. The molecule has 2 rings (SSSR count). The molecule has 0 bridgehead atoms. The standard InChI is InChI=1S/C26H40O5Si/c1-18(2)32(19(3)4,20(5)6)31-26-16-22(12-13-25(26)29-8)24(27)15-21-10-9-11-23(14-21)30-17-28-7/h9-14,16,18-20,24,27H,15,17H2,1-8H3/t24-/m1/s1/i14D. The van der Waals surface area contributed by atoms with Gasteiger partial charge in [-0.15, -0.1) is 0 Å². The largest absolute Gasteiger partial charge is 0.540 e. The second-order valence-electron chi connectivity index (χ2n) is 9.14. The van der Waals surface area contributed by atoms with E-state index in [9.17, 15) is 5.11 Å². The van der Waals surface area contributed by atoms with Crippen LogP contribution in [0.25, 0.3) is 0 Å². The zero-order valence-corrected chi connectivity index (χ0v) is 21.8. The molecule has 0 heterocycles. The Morgan fingerprint density at radius 1 is 0.938 bits per heavy atom. The smallest absolute Gasteiger partial charge is 0.258 e. The van der Waals surface area contributed by atoms with Crippen LogP contribution in [0.2, 0.25) is 16.6 Å². The fourth-order valence-corrected chi connectivity index (χ4v) is 9.92. The topological polar surface area (TPSA) is 57.2 Å². The molecule has 2 aromatic rings. The number of rotatable bonds is 12. The molecule has 6 heteroatoms. The maximum Gasteiger partial charge on any atom is 0.258 e. The number of benzene rings is 2. The van der Waals surface area contributed by atoms with E-state index in [1.807, 2.05) is 30.3 Å². The fraction of sp³-hybridized carbons (Fsp3) is 0.538. The monoisotopic (exact) mass is 461 g/mol. The van der Waals surface area contributed by atoms with Gasteiger partial charge in [-0.2, -0.15) is 0 Å². The summed E-state index contributed by atoms with van der Waals surface area (Å²) in [5.74, 6) is 1.78. The third-order valence-electron chi connectivity index (χ3n) is 6.14. The molecule has 0 saturated heterocycles. The van der Waals surface area contributed by atoms with Gasteiger partial charge in [0.2, 0.25) is 0 Å². The number of methoxy groups -OCH3 is 2. The average Bonchev–Trinajstić information content (AvgIpc) is 2.77. The van der Waals surface area contributed by atoms with Crippen LogP contribution in [0.1, 0.15) is 60.1 Å². The van der Waals surface area contributed by atoms with Gasteiger partial charge in [0.1, 0.15) is 11.5 Å². The molecule has 5 nitrogen and oxygen atoms in total. The van der Waals surface area contributed by atoms with E-state index in [0.717, 1.165) is 5.56 Å². The molecule has 0 radical (unpaired) electrons. The second kappa shape index (κ2) is 11.7. The van der Waals surface area contributed by atoms with Crippen molar-refractivity contribution in [3.8, 4) is 17.2 Å². The quantitative estimate of drug-likeness (QED) is 0.288. The molecule has 0 aliphatic rings. The highest BCUT2D eigenvalue weighted by molar-refractivity contribution is 6.78. The lowest BCUT2D eigenvalue weighted by molar-refractivity contribution is 0.0510. The van der Waals surface area contributed by atoms with Crippen molar-refractivity contribution in [2.45, 2.75) is 70.7 Å². The van der Waals surface area contributed by atoms with Crippen LogP contribution >= 0.6 is 0 Å². The van der Waals surface area contributed by atoms with E-state index in [1.54, 1.807) is 13.2 Å². The molecule has 0 amide bonds. The van der Waals surface area contributed by atoms with Gasteiger partial charge in [0, 0.05) is 13.5 Å². The molecule has 2 aromatic carbocycles. The van der Waals surface area contributed by atoms with Crippen molar-refractivity contribution in [2.24, 2.45) is 0 Å². The Morgan fingerprint density at radius 2 is 1.59 bits per heavy atom. The summed E-state index contributed by atoms with van der Waals surface area (Å²) in [4.78, 5) is 0. The highest BCUT2D eigenvalue weighted by atomic mass is 28.4. The summed E-state index contributed by atoms with van der Waals surface area (Å²) in [7, 11) is 0.979. The molecule has 0 aromatic heterocycles. The van der Waals surface area contributed by atoms with E-state index < -0.39 is 14.4 Å². The van der Waals surface area contributed by atoms with Crippen LogP contribution in [-0.2, 0) is 11.2 Å². The Kier molecular flexibility index (Phi) is 9.02. The maximum atomic E-state index is 11.0. The SMILES string of the molecule is [2H]c1c(C[C@@H](O)c2ccc(OC)c(O[Si](C(C)C)(C(C)C)C(C)C)c2)cccc1OCOC. The first kappa shape index (κ1) is 24.6. The average molecular weight is 462 g/mol. The summed E-state index contributed by atoms with van der Waals surface area (Å²) in [6.07, 6.45) is -0.510. The summed E-state index contributed by atoms with van der Waals surface area (Å²) in [5, 5.41) is 11.0. The Morgan fingerprint density at radius 3 is 2.16 bits per heavy atom. The van der Waals surface area contributed by atoms with Gasteiger partial charge in [-0.05, 0) is 52.0 Å². The van der Waals surface area contributed by atoms with Crippen LogP contribution in [0.4, 0.5) is 0 Å². The van der Waals surface area contributed by atoms with E-state index in [2.05, 4.69) is 41.5 Å². The Balaban J connectivity index is 2.38. The Hall–Kier alpha value is -2.02. The number of hydrogen-bond acceptors (Lipinski definition) is 5. The van der Waals surface area contributed by atoms with Gasteiger partial charge in [-0.25, -0.2) is 0 Å². The van der Waals surface area contributed by atoms with Crippen LogP contribution in [0, 0.1) is 0 Å². The van der Waals surface area contributed by atoms with Crippen molar-refractivity contribution in [2.75, 3.05) is 21.0 Å². The lowest BCUT2D eigenvalue weighted by Crippen LogP contribution is -2.50. The van der Waals surface area contributed by atoms with Crippen molar-refractivity contribution in [1.29, 1.82) is 0 Å². The van der Waals surface area contributed by atoms with Gasteiger partial charge in [0.15, 0.2) is 12.5 Å². The highest BCUT2D eigenvalue weighted by Gasteiger charge is 2.47. The number of ether oxygens (including phenoxy) is 3. The molecule has 32 heavy (non-hydrogen) atoms. The summed E-state index contributed by atoms with van der Waals surface area (Å²) in [5.41, 5.74) is 2.67. The molecule has 0 spiro atoms. The van der Waals surface area contributed by atoms with Crippen LogP contribution < -0.4 is 13.9 Å². The lowest BCUT2D eigenvalue weighted by Gasteiger charge is -2.42. The summed E-state index contributed by atoms with van der Waals surface area (Å²) in [6.45, 7) is 13.5. The number of hydrogen-bond donors (Lipinski definition) is 1. The molecular weight excluding hydrogens is 420 g/mol. The minimum absolute atomic E-state index is 0.0737. The fourth-order valence-electron chi connectivity index (χ4n) is 4.67. The van der Waals surface area contributed by atoms with Crippen molar-refractivity contribution in [3.63, 3.8) is 0 Å². The molecule has 0 fully saturated rings. The Labute approximate surface area is 196 Å². The first-order valence-electron chi connectivity index (χ1n) is 11.8. The van der Waals surface area contributed by atoms with Crippen molar-refractivity contribution in [1.82, 2.24) is 0 Å². The van der Waals surface area contributed by atoms with Gasteiger partial charge in [0.25, 0.3) is 8.32 Å². The predicted octanol–water partition coefficient (Wildman–Crippen LogP) is 6.51. The number of aliphatic hydroxyl groups is 1. The first-order valence-corrected chi connectivity index (χ1v) is 13.5. The summed E-state index contributed by atoms with van der Waals surface area (Å²) < 4.78 is 31.3. The van der Waals surface area contributed by atoms with Crippen molar-refractivity contribution in [3.05, 3.63) is 53.6 Å². The number of aliphatic hydroxyl groups excluding tert-OH is 1. The molecule has 1 N–H and O–H groups in total. The minimum Gasteiger partial charge on any atom is -0.540 e. The van der Waals surface area contributed by atoms with Crippen LogP contribution in [0.3, 0.4) is 0 Å². The van der Waals surface area contributed by atoms with Gasteiger partial charge in [0.05, 0.1) is 14.6 Å². The van der Waals surface area contributed by atoms with E-state index >= 15 is 0 Å². The Bertz CT molecular complexity index is 878. The molecular formula is C26H40O5Si. The van der Waals surface area contributed by atoms with Gasteiger partial charge < -0.3 is 23.7 Å². The lowest BCUT2D eigenvalue weighted by atomic mass is 10.0. The minimum atomic E-state index is -2.20. The third kappa shape index (κ3) is 6.06.